The highest BCUT2D eigenvalue weighted by Gasteiger charge is 2.10. The summed E-state index contributed by atoms with van der Waals surface area (Å²) in [5, 5.41) is 0. The smallest absolute Gasteiger partial charge is 0.170 e. The van der Waals surface area contributed by atoms with Gasteiger partial charge in [0.2, 0.25) is 0 Å². The predicted octanol–water partition coefficient (Wildman–Crippen LogP) is 3.90. The van der Waals surface area contributed by atoms with Gasteiger partial charge in [0.25, 0.3) is 0 Å². The zero-order chi connectivity index (χ0) is 22.8. The van der Waals surface area contributed by atoms with Crippen LogP contribution in [0, 0.1) is 23.7 Å². The molecule has 32 heavy (non-hydrogen) atoms. The van der Waals surface area contributed by atoms with Crippen LogP contribution in [0.15, 0.2) is 61.2 Å². The Bertz CT molecular complexity index is 1060. The van der Waals surface area contributed by atoms with E-state index >= 15 is 0 Å². The fourth-order valence-electron chi connectivity index (χ4n) is 3.09. The summed E-state index contributed by atoms with van der Waals surface area (Å²) in [6.07, 6.45) is 8.12. The molecule has 4 nitrogen and oxygen atoms in total. The van der Waals surface area contributed by atoms with Crippen molar-refractivity contribution in [3.05, 3.63) is 83.4 Å². The summed E-state index contributed by atoms with van der Waals surface area (Å²) in [7, 11) is 0. The molecular weight excluding hydrogens is 396 g/mol. The van der Waals surface area contributed by atoms with Gasteiger partial charge in [0.1, 0.15) is 24.6 Å². The Kier molecular flexibility index (Phi) is 8.29. The number of aromatic nitrogens is 2. The standard InChI is InChI=1S/C28H30N2O2/c1-5-29-17-13-23(14-18-29)9-11-25-21-28(32-8-4)26(22-27(25)31-7-3)12-10-24-15-19-30(6-2)20-16-24/h13-22H,5-8H2,1-4H3/q+2. The van der Waals surface area contributed by atoms with E-state index < -0.39 is 0 Å². The van der Waals surface area contributed by atoms with Crippen molar-refractivity contribution >= 4 is 0 Å². The normalized spacial score (nSPS) is 9.88. The quantitative estimate of drug-likeness (QED) is 0.441. The van der Waals surface area contributed by atoms with Crippen LogP contribution in [-0.2, 0) is 13.1 Å². The molecule has 3 aromatic rings. The van der Waals surface area contributed by atoms with E-state index in [9.17, 15) is 0 Å². The molecule has 0 atom stereocenters. The van der Waals surface area contributed by atoms with Gasteiger partial charge in [-0.2, -0.15) is 0 Å². The third kappa shape index (κ3) is 6.13. The van der Waals surface area contributed by atoms with Crippen LogP contribution >= 0.6 is 0 Å². The number of nitrogens with zero attached hydrogens (tertiary/aromatic N) is 2. The minimum Gasteiger partial charge on any atom is -0.493 e. The van der Waals surface area contributed by atoms with Crippen molar-refractivity contribution in [2.45, 2.75) is 40.8 Å². The van der Waals surface area contributed by atoms with Crippen LogP contribution in [0.3, 0.4) is 0 Å². The minimum absolute atomic E-state index is 0.549. The maximum atomic E-state index is 5.88. The molecule has 2 aromatic heterocycles. The summed E-state index contributed by atoms with van der Waals surface area (Å²) in [5.74, 6) is 14.4. The fourth-order valence-corrected chi connectivity index (χ4v) is 3.09. The first-order valence-corrected chi connectivity index (χ1v) is 11.1. The molecule has 0 aliphatic heterocycles. The van der Waals surface area contributed by atoms with E-state index in [0.717, 1.165) is 35.3 Å². The number of ether oxygens (including phenoxy) is 2. The Labute approximate surface area is 191 Å². The van der Waals surface area contributed by atoms with E-state index in [2.05, 4.69) is 46.7 Å². The molecule has 0 saturated heterocycles. The summed E-state index contributed by atoms with van der Waals surface area (Å²) >= 11 is 0. The average molecular weight is 427 g/mol. The molecule has 0 saturated carbocycles. The Hall–Kier alpha value is -3.76. The zero-order valence-electron chi connectivity index (χ0n) is 19.3. The lowest BCUT2D eigenvalue weighted by atomic mass is 10.1. The van der Waals surface area contributed by atoms with E-state index in [0.29, 0.717) is 24.7 Å². The van der Waals surface area contributed by atoms with Gasteiger partial charge >= 0.3 is 0 Å². The lowest BCUT2D eigenvalue weighted by Gasteiger charge is -2.11. The van der Waals surface area contributed by atoms with Crippen molar-refractivity contribution < 1.29 is 18.6 Å². The van der Waals surface area contributed by atoms with Crippen molar-refractivity contribution in [1.29, 1.82) is 0 Å². The van der Waals surface area contributed by atoms with E-state index in [4.69, 9.17) is 9.47 Å². The summed E-state index contributed by atoms with van der Waals surface area (Å²) in [6, 6.07) is 11.9. The topological polar surface area (TPSA) is 26.2 Å². The maximum Gasteiger partial charge on any atom is 0.170 e. The van der Waals surface area contributed by atoms with Gasteiger partial charge in [0.15, 0.2) is 24.8 Å². The summed E-state index contributed by atoms with van der Waals surface area (Å²) in [5.41, 5.74) is 3.48. The molecular formula is C28H30N2O2+2. The lowest BCUT2D eigenvalue weighted by molar-refractivity contribution is -0.693. The van der Waals surface area contributed by atoms with Crippen LogP contribution in [-0.4, -0.2) is 13.2 Å². The number of rotatable bonds is 6. The molecule has 0 aliphatic carbocycles. The van der Waals surface area contributed by atoms with Crippen LogP contribution in [0.4, 0.5) is 0 Å². The Morgan fingerprint density at radius 2 is 0.969 bits per heavy atom. The average Bonchev–Trinajstić information content (AvgIpc) is 2.83. The molecule has 0 unspecified atom stereocenters. The van der Waals surface area contributed by atoms with Crippen LogP contribution in [0.1, 0.15) is 49.9 Å². The van der Waals surface area contributed by atoms with E-state index in [1.165, 1.54) is 0 Å². The second-order valence-electron chi connectivity index (χ2n) is 7.05. The van der Waals surface area contributed by atoms with Crippen LogP contribution < -0.4 is 18.6 Å². The number of benzene rings is 1. The van der Waals surface area contributed by atoms with Crippen LogP contribution in [0.2, 0.25) is 0 Å². The predicted molar refractivity (Wildman–Crippen MR) is 125 cm³/mol. The number of hydrogen-bond acceptors (Lipinski definition) is 2. The fraction of sp³-hybridized carbons (Fsp3) is 0.286. The first-order valence-electron chi connectivity index (χ1n) is 11.1. The molecule has 0 bridgehead atoms. The minimum atomic E-state index is 0.549. The van der Waals surface area contributed by atoms with E-state index in [1.807, 2.05) is 75.0 Å². The Morgan fingerprint density at radius 3 is 1.28 bits per heavy atom. The monoisotopic (exact) mass is 426 g/mol. The van der Waals surface area contributed by atoms with Crippen LogP contribution in [0.5, 0.6) is 11.5 Å². The molecule has 0 amide bonds. The molecule has 0 aliphatic rings. The van der Waals surface area contributed by atoms with Crippen molar-refractivity contribution in [3.8, 4) is 35.2 Å². The number of hydrogen-bond donors (Lipinski definition) is 0. The van der Waals surface area contributed by atoms with E-state index in [-0.39, 0.29) is 0 Å². The molecule has 2 heterocycles. The van der Waals surface area contributed by atoms with Gasteiger partial charge in [0.05, 0.1) is 24.3 Å². The van der Waals surface area contributed by atoms with Gasteiger partial charge < -0.3 is 9.47 Å². The molecule has 0 spiro atoms. The van der Waals surface area contributed by atoms with Gasteiger partial charge in [0, 0.05) is 47.5 Å². The molecule has 0 radical (unpaired) electrons. The molecule has 4 heteroatoms. The SMILES string of the molecule is CCOc1cc(C#Cc2cc[n+](CC)cc2)c(OCC)cc1C#Cc1cc[n+](CC)cc1. The summed E-state index contributed by atoms with van der Waals surface area (Å²) in [6.45, 7) is 11.1. The molecule has 0 fully saturated rings. The van der Waals surface area contributed by atoms with Gasteiger partial charge in [-0.1, -0.05) is 23.7 Å². The second kappa shape index (κ2) is 11.6. The van der Waals surface area contributed by atoms with Gasteiger partial charge in [-0.3, -0.25) is 0 Å². The molecule has 0 N–H and O–H groups in total. The Morgan fingerprint density at radius 1 is 0.594 bits per heavy atom. The number of pyridine rings is 2. The molecule has 1 aromatic carbocycles. The first kappa shape index (κ1) is 22.9. The van der Waals surface area contributed by atoms with Gasteiger partial charge in [-0.15, -0.1) is 0 Å². The summed E-state index contributed by atoms with van der Waals surface area (Å²) < 4.78 is 16.0. The highest BCUT2D eigenvalue weighted by Crippen LogP contribution is 2.28. The number of aryl methyl sites for hydroxylation is 2. The van der Waals surface area contributed by atoms with Crippen molar-refractivity contribution in [1.82, 2.24) is 0 Å². The summed E-state index contributed by atoms with van der Waals surface area (Å²) in [4.78, 5) is 0. The third-order valence-corrected chi connectivity index (χ3v) is 4.88. The van der Waals surface area contributed by atoms with Gasteiger partial charge in [-0.05, 0) is 27.7 Å². The third-order valence-electron chi connectivity index (χ3n) is 4.88. The van der Waals surface area contributed by atoms with E-state index in [1.54, 1.807) is 0 Å². The lowest BCUT2D eigenvalue weighted by Crippen LogP contribution is -2.30. The molecule has 3 rings (SSSR count). The van der Waals surface area contributed by atoms with Gasteiger partial charge in [-0.25, -0.2) is 9.13 Å². The highest BCUT2D eigenvalue weighted by atomic mass is 16.5. The van der Waals surface area contributed by atoms with Crippen molar-refractivity contribution in [2.24, 2.45) is 0 Å². The molecule has 162 valence electrons. The maximum absolute atomic E-state index is 5.88. The second-order valence-corrected chi connectivity index (χ2v) is 7.05. The van der Waals surface area contributed by atoms with Crippen LogP contribution in [0.25, 0.3) is 0 Å². The zero-order valence-corrected chi connectivity index (χ0v) is 19.3. The van der Waals surface area contributed by atoms with Crippen molar-refractivity contribution in [3.63, 3.8) is 0 Å². The highest BCUT2D eigenvalue weighted by molar-refractivity contribution is 5.60. The Balaban J connectivity index is 1.98. The first-order chi connectivity index (χ1) is 15.7. The largest absolute Gasteiger partial charge is 0.493 e. The van der Waals surface area contributed by atoms with Crippen molar-refractivity contribution in [2.75, 3.05) is 13.2 Å².